The number of aliphatic carboxylic acids is 2. The number of aryl methyl sites for hydroxylation is 1. The lowest BCUT2D eigenvalue weighted by molar-refractivity contribution is -0.140. The quantitative estimate of drug-likeness (QED) is 0.654. The second kappa shape index (κ2) is 5.80. The Labute approximate surface area is 102 Å². The molecule has 0 saturated carbocycles. The molecule has 0 aliphatic carbocycles. The Hall–Kier alpha value is -2.38. The summed E-state index contributed by atoms with van der Waals surface area (Å²) in [6.07, 6.45) is -0.553. The van der Waals surface area contributed by atoms with E-state index in [0.717, 1.165) is 0 Å². The molecule has 1 atom stereocenters. The zero-order chi connectivity index (χ0) is 13.7. The first kappa shape index (κ1) is 13.7. The molecule has 0 radical (unpaired) electrons. The maximum Gasteiger partial charge on any atom is 0.326 e. The van der Waals surface area contributed by atoms with Gasteiger partial charge in [-0.2, -0.15) is 0 Å². The Kier molecular flexibility index (Phi) is 4.41. The van der Waals surface area contributed by atoms with Gasteiger partial charge in [0.15, 0.2) is 5.69 Å². The van der Waals surface area contributed by atoms with Crippen molar-refractivity contribution in [3.63, 3.8) is 0 Å². The molecule has 8 heteroatoms. The number of hydrogen-bond donors (Lipinski definition) is 3. The highest BCUT2D eigenvalue weighted by Gasteiger charge is 2.22. The molecule has 0 aliphatic heterocycles. The number of carboxylic acid groups (broad SMARTS) is 2. The molecule has 98 valence electrons. The van der Waals surface area contributed by atoms with Crippen LogP contribution in [0.15, 0.2) is 10.6 Å². The highest BCUT2D eigenvalue weighted by atomic mass is 16.5. The first-order chi connectivity index (χ1) is 8.40. The maximum absolute atomic E-state index is 11.6. The van der Waals surface area contributed by atoms with Gasteiger partial charge in [-0.1, -0.05) is 5.16 Å². The van der Waals surface area contributed by atoms with Crippen LogP contribution in [0.3, 0.4) is 0 Å². The molecule has 0 saturated heterocycles. The van der Waals surface area contributed by atoms with E-state index in [4.69, 9.17) is 10.2 Å². The molecule has 1 aromatic rings. The molecule has 1 heterocycles. The van der Waals surface area contributed by atoms with Gasteiger partial charge in [0.1, 0.15) is 11.8 Å². The van der Waals surface area contributed by atoms with Gasteiger partial charge >= 0.3 is 11.9 Å². The van der Waals surface area contributed by atoms with Gasteiger partial charge in [0.2, 0.25) is 0 Å². The van der Waals surface area contributed by atoms with E-state index in [1.54, 1.807) is 6.92 Å². The van der Waals surface area contributed by atoms with Gasteiger partial charge in [-0.3, -0.25) is 9.59 Å². The molecule has 0 spiro atoms. The summed E-state index contributed by atoms with van der Waals surface area (Å²) >= 11 is 0. The molecule has 1 aromatic heterocycles. The van der Waals surface area contributed by atoms with Crippen LogP contribution in [0.4, 0.5) is 0 Å². The van der Waals surface area contributed by atoms with Gasteiger partial charge < -0.3 is 20.1 Å². The second-order valence-corrected chi connectivity index (χ2v) is 3.62. The van der Waals surface area contributed by atoms with Crippen LogP contribution in [0.1, 0.15) is 29.1 Å². The molecular formula is C10H12N2O6. The lowest BCUT2D eigenvalue weighted by Gasteiger charge is -2.11. The number of hydrogen-bond acceptors (Lipinski definition) is 5. The number of rotatable bonds is 6. The summed E-state index contributed by atoms with van der Waals surface area (Å²) in [6, 6.07) is 0.0800. The van der Waals surface area contributed by atoms with E-state index in [0.29, 0.717) is 5.76 Å². The maximum atomic E-state index is 11.6. The van der Waals surface area contributed by atoms with Crippen LogP contribution in [-0.2, 0) is 9.59 Å². The number of amides is 1. The molecule has 0 unspecified atom stereocenters. The minimum atomic E-state index is -1.30. The summed E-state index contributed by atoms with van der Waals surface area (Å²) in [7, 11) is 0. The van der Waals surface area contributed by atoms with Crippen LogP contribution in [0.2, 0.25) is 0 Å². The number of nitrogens with one attached hydrogen (secondary N) is 1. The van der Waals surface area contributed by atoms with Crippen molar-refractivity contribution < 1.29 is 29.1 Å². The van der Waals surface area contributed by atoms with Crippen LogP contribution < -0.4 is 5.32 Å². The van der Waals surface area contributed by atoms with E-state index in [9.17, 15) is 14.4 Å². The summed E-state index contributed by atoms with van der Waals surface area (Å²) in [5.74, 6) is -2.74. The summed E-state index contributed by atoms with van der Waals surface area (Å²) in [4.78, 5) is 32.8. The lowest BCUT2D eigenvalue weighted by Crippen LogP contribution is -2.41. The van der Waals surface area contributed by atoms with Crippen molar-refractivity contribution in [1.82, 2.24) is 10.5 Å². The number of carbonyl (C=O) groups is 3. The molecule has 8 nitrogen and oxygen atoms in total. The number of carbonyl (C=O) groups excluding carboxylic acids is 1. The van der Waals surface area contributed by atoms with Crippen molar-refractivity contribution in [3.05, 3.63) is 17.5 Å². The van der Waals surface area contributed by atoms with E-state index in [1.807, 2.05) is 0 Å². The van der Waals surface area contributed by atoms with Crippen molar-refractivity contribution >= 4 is 17.8 Å². The highest BCUT2D eigenvalue weighted by Crippen LogP contribution is 2.04. The molecule has 0 fully saturated rings. The molecule has 0 bridgehead atoms. The third kappa shape index (κ3) is 3.89. The molecule has 0 aliphatic rings. The van der Waals surface area contributed by atoms with Gasteiger partial charge in [-0.15, -0.1) is 0 Å². The molecule has 3 N–H and O–H groups in total. The Morgan fingerprint density at radius 2 is 2.11 bits per heavy atom. The first-order valence-corrected chi connectivity index (χ1v) is 5.09. The SMILES string of the molecule is Cc1cc(C(=O)N[C@@H](CCC(=O)O)C(=O)O)no1. The zero-order valence-corrected chi connectivity index (χ0v) is 9.54. The van der Waals surface area contributed by atoms with Crippen LogP contribution in [0, 0.1) is 6.92 Å². The largest absolute Gasteiger partial charge is 0.481 e. The fraction of sp³-hybridized carbons (Fsp3) is 0.400. The standard InChI is InChI=1S/C10H12N2O6/c1-5-4-7(12-18-5)9(15)11-6(10(16)17)2-3-8(13)14/h4,6H,2-3H2,1H3,(H,11,15)(H,13,14)(H,16,17)/t6-/m0/s1. The highest BCUT2D eigenvalue weighted by molar-refractivity contribution is 5.94. The molecule has 0 aromatic carbocycles. The van der Waals surface area contributed by atoms with E-state index >= 15 is 0 Å². The minimum absolute atomic E-state index is 0.0472. The van der Waals surface area contributed by atoms with Gasteiger partial charge in [0.25, 0.3) is 5.91 Å². The van der Waals surface area contributed by atoms with Crippen LogP contribution in [-0.4, -0.2) is 39.3 Å². The fourth-order valence-corrected chi connectivity index (χ4v) is 1.23. The summed E-state index contributed by atoms with van der Waals surface area (Å²) in [5, 5.41) is 22.9. The van der Waals surface area contributed by atoms with Crippen molar-refractivity contribution in [1.29, 1.82) is 0 Å². The van der Waals surface area contributed by atoms with Crippen molar-refractivity contribution in [3.8, 4) is 0 Å². The Morgan fingerprint density at radius 1 is 1.44 bits per heavy atom. The van der Waals surface area contributed by atoms with Gasteiger partial charge in [-0.25, -0.2) is 4.79 Å². The molecule has 1 rings (SSSR count). The average Bonchev–Trinajstić information content (AvgIpc) is 2.70. The normalized spacial score (nSPS) is 11.8. The fourth-order valence-electron chi connectivity index (χ4n) is 1.23. The van der Waals surface area contributed by atoms with Crippen LogP contribution >= 0.6 is 0 Å². The van der Waals surface area contributed by atoms with Crippen LogP contribution in [0.25, 0.3) is 0 Å². The average molecular weight is 256 g/mol. The topological polar surface area (TPSA) is 130 Å². The summed E-state index contributed by atoms with van der Waals surface area (Å²) < 4.78 is 4.67. The summed E-state index contributed by atoms with van der Waals surface area (Å²) in [6.45, 7) is 1.59. The monoisotopic (exact) mass is 256 g/mol. The van der Waals surface area contributed by atoms with Crippen molar-refractivity contribution in [2.75, 3.05) is 0 Å². The Balaban J connectivity index is 2.63. The number of carboxylic acids is 2. The number of aromatic nitrogens is 1. The first-order valence-electron chi connectivity index (χ1n) is 5.09. The van der Waals surface area contributed by atoms with E-state index < -0.39 is 23.9 Å². The molecular weight excluding hydrogens is 244 g/mol. The van der Waals surface area contributed by atoms with Crippen molar-refractivity contribution in [2.45, 2.75) is 25.8 Å². The zero-order valence-electron chi connectivity index (χ0n) is 9.54. The minimum Gasteiger partial charge on any atom is -0.481 e. The van der Waals surface area contributed by atoms with Gasteiger partial charge in [-0.05, 0) is 13.3 Å². The summed E-state index contributed by atoms with van der Waals surface area (Å²) in [5.41, 5.74) is -0.0472. The van der Waals surface area contributed by atoms with Crippen molar-refractivity contribution in [2.24, 2.45) is 0 Å². The van der Waals surface area contributed by atoms with E-state index in [2.05, 4.69) is 15.0 Å². The van der Waals surface area contributed by atoms with Crippen LogP contribution in [0.5, 0.6) is 0 Å². The van der Waals surface area contributed by atoms with E-state index in [-0.39, 0.29) is 18.5 Å². The smallest absolute Gasteiger partial charge is 0.326 e. The second-order valence-electron chi connectivity index (χ2n) is 3.62. The number of nitrogens with zero attached hydrogens (tertiary/aromatic N) is 1. The Bertz CT molecular complexity index is 467. The third-order valence-electron chi connectivity index (χ3n) is 2.11. The third-order valence-corrected chi connectivity index (χ3v) is 2.11. The lowest BCUT2D eigenvalue weighted by atomic mass is 10.1. The Morgan fingerprint density at radius 3 is 2.56 bits per heavy atom. The predicted octanol–water partition coefficient (Wildman–Crippen LogP) is 0.0308. The van der Waals surface area contributed by atoms with E-state index in [1.165, 1.54) is 6.07 Å². The van der Waals surface area contributed by atoms with Gasteiger partial charge in [0.05, 0.1) is 0 Å². The molecule has 18 heavy (non-hydrogen) atoms. The van der Waals surface area contributed by atoms with Gasteiger partial charge in [0, 0.05) is 12.5 Å². The molecule has 1 amide bonds. The predicted molar refractivity (Wildman–Crippen MR) is 57.0 cm³/mol.